The van der Waals surface area contributed by atoms with Crippen LogP contribution in [-0.4, -0.2) is 10.9 Å². The summed E-state index contributed by atoms with van der Waals surface area (Å²) >= 11 is 11.6. The average molecular weight is 283 g/mol. The summed E-state index contributed by atoms with van der Waals surface area (Å²) in [7, 11) is 0. The van der Waals surface area contributed by atoms with Gasteiger partial charge < -0.3 is 10.3 Å². The second-order valence-electron chi connectivity index (χ2n) is 3.55. The molecule has 0 aliphatic heterocycles. The highest BCUT2D eigenvalue weighted by atomic mass is 35.5. The predicted molar refractivity (Wildman–Crippen MR) is 71.5 cm³/mol. The van der Waals surface area contributed by atoms with Gasteiger partial charge in [0.05, 0.1) is 0 Å². The Bertz CT molecular complexity index is 632. The number of carbonyl (C=O) groups is 1. The van der Waals surface area contributed by atoms with Gasteiger partial charge in [0, 0.05) is 34.1 Å². The Morgan fingerprint density at radius 3 is 2.39 bits per heavy atom. The number of H-pyrrole nitrogens is 1. The predicted octanol–water partition coefficient (Wildman–Crippen LogP) is 2.93. The van der Waals surface area contributed by atoms with Crippen LogP contribution < -0.4 is 10.7 Å². The average Bonchev–Trinajstić information content (AvgIpc) is 2.27. The Labute approximate surface area is 113 Å². The van der Waals surface area contributed by atoms with Crippen molar-refractivity contribution in [2.75, 3.05) is 5.32 Å². The quantitative estimate of drug-likeness (QED) is 0.890. The monoisotopic (exact) mass is 282 g/mol. The minimum atomic E-state index is -0.439. The molecule has 0 saturated carbocycles. The minimum absolute atomic E-state index is 0.165. The number of pyridine rings is 1. The number of aromatic amines is 1. The molecule has 0 aliphatic rings. The molecule has 1 amide bonds. The van der Waals surface area contributed by atoms with Crippen LogP contribution >= 0.6 is 23.2 Å². The fraction of sp³-hybridized carbons (Fsp3) is 0. The van der Waals surface area contributed by atoms with E-state index in [2.05, 4.69) is 10.3 Å². The Hall–Kier alpha value is -1.78. The first kappa shape index (κ1) is 12.7. The topological polar surface area (TPSA) is 62.0 Å². The molecule has 0 bridgehead atoms. The summed E-state index contributed by atoms with van der Waals surface area (Å²) < 4.78 is 0. The second-order valence-corrected chi connectivity index (χ2v) is 4.42. The van der Waals surface area contributed by atoms with Gasteiger partial charge in [0.2, 0.25) is 0 Å². The van der Waals surface area contributed by atoms with E-state index < -0.39 is 5.91 Å². The molecule has 1 aromatic heterocycles. The molecule has 1 aromatic carbocycles. The van der Waals surface area contributed by atoms with Crippen molar-refractivity contribution in [3.8, 4) is 0 Å². The number of rotatable bonds is 2. The maximum Gasteiger partial charge on any atom is 0.272 e. The van der Waals surface area contributed by atoms with Crippen LogP contribution in [0.1, 0.15) is 10.5 Å². The summed E-state index contributed by atoms with van der Waals surface area (Å²) in [5.41, 5.74) is 0.379. The number of carbonyl (C=O) groups excluding carboxylic acids is 1. The number of benzene rings is 1. The smallest absolute Gasteiger partial charge is 0.272 e. The molecule has 92 valence electrons. The van der Waals surface area contributed by atoms with Crippen LogP contribution in [0.25, 0.3) is 0 Å². The molecule has 18 heavy (non-hydrogen) atoms. The van der Waals surface area contributed by atoms with E-state index in [1.165, 1.54) is 18.3 Å². The number of aromatic nitrogens is 1. The molecule has 0 unspecified atom stereocenters. The Morgan fingerprint density at radius 2 is 1.78 bits per heavy atom. The van der Waals surface area contributed by atoms with Crippen LogP contribution in [0.5, 0.6) is 0 Å². The van der Waals surface area contributed by atoms with E-state index in [1.54, 1.807) is 18.2 Å². The summed E-state index contributed by atoms with van der Waals surface area (Å²) in [5, 5.41) is 3.42. The molecule has 2 N–H and O–H groups in total. The van der Waals surface area contributed by atoms with Crippen molar-refractivity contribution in [1.82, 2.24) is 4.98 Å². The standard InChI is InChI=1S/C12H8Cl2N2O2/c13-7-3-8(14)5-9(4-7)16-12(18)11-6-10(17)1-2-15-11/h1-6H,(H,15,17)(H,16,18). The van der Waals surface area contributed by atoms with E-state index in [1.807, 2.05) is 0 Å². The van der Waals surface area contributed by atoms with Crippen LogP contribution in [0, 0.1) is 0 Å². The third kappa shape index (κ3) is 3.12. The van der Waals surface area contributed by atoms with Crippen LogP contribution in [0.3, 0.4) is 0 Å². The maximum absolute atomic E-state index is 11.8. The first-order valence-corrected chi connectivity index (χ1v) is 5.76. The molecule has 2 aromatic rings. The van der Waals surface area contributed by atoms with Crippen LogP contribution in [0.2, 0.25) is 10.0 Å². The summed E-state index contributed by atoms with van der Waals surface area (Å²) in [5.74, 6) is -0.439. The molecular formula is C12H8Cl2N2O2. The van der Waals surface area contributed by atoms with Crippen molar-refractivity contribution in [2.45, 2.75) is 0 Å². The molecule has 0 radical (unpaired) electrons. The molecule has 0 aliphatic carbocycles. The molecule has 6 heteroatoms. The summed E-state index contributed by atoms with van der Waals surface area (Å²) in [4.78, 5) is 25.6. The van der Waals surface area contributed by atoms with Gasteiger partial charge in [-0.25, -0.2) is 0 Å². The molecule has 0 fully saturated rings. The van der Waals surface area contributed by atoms with Gasteiger partial charge in [0.15, 0.2) is 5.43 Å². The van der Waals surface area contributed by atoms with Crippen molar-refractivity contribution in [2.24, 2.45) is 0 Å². The van der Waals surface area contributed by atoms with Crippen molar-refractivity contribution in [3.63, 3.8) is 0 Å². The Balaban J connectivity index is 2.24. The third-order valence-corrected chi connectivity index (χ3v) is 2.57. The lowest BCUT2D eigenvalue weighted by Crippen LogP contribution is -2.16. The van der Waals surface area contributed by atoms with E-state index in [4.69, 9.17) is 23.2 Å². The SMILES string of the molecule is O=C(Nc1cc(Cl)cc(Cl)c1)c1cc(=O)cc[nH]1. The Morgan fingerprint density at radius 1 is 1.11 bits per heavy atom. The summed E-state index contributed by atoms with van der Waals surface area (Å²) in [6, 6.07) is 7.22. The zero-order chi connectivity index (χ0) is 13.1. The van der Waals surface area contributed by atoms with Gasteiger partial charge >= 0.3 is 0 Å². The normalized spacial score (nSPS) is 10.1. The molecule has 0 saturated heterocycles. The number of nitrogens with one attached hydrogen (secondary N) is 2. The molecule has 1 heterocycles. The lowest BCUT2D eigenvalue weighted by molar-refractivity contribution is 0.102. The van der Waals surface area contributed by atoms with E-state index in [0.29, 0.717) is 15.7 Å². The van der Waals surface area contributed by atoms with E-state index in [-0.39, 0.29) is 11.1 Å². The number of hydrogen-bond acceptors (Lipinski definition) is 2. The number of halogens is 2. The highest BCUT2D eigenvalue weighted by Gasteiger charge is 2.07. The van der Waals surface area contributed by atoms with Gasteiger partial charge in [-0.3, -0.25) is 9.59 Å². The van der Waals surface area contributed by atoms with E-state index in [0.717, 1.165) is 0 Å². The lowest BCUT2D eigenvalue weighted by Gasteiger charge is -2.06. The van der Waals surface area contributed by atoms with Crippen LogP contribution in [0.4, 0.5) is 5.69 Å². The number of hydrogen-bond donors (Lipinski definition) is 2. The Kier molecular flexibility index (Phi) is 3.69. The zero-order valence-corrected chi connectivity index (χ0v) is 10.5. The van der Waals surface area contributed by atoms with E-state index >= 15 is 0 Å². The first-order valence-electron chi connectivity index (χ1n) is 5.01. The van der Waals surface area contributed by atoms with Crippen molar-refractivity contribution < 1.29 is 4.79 Å². The molecule has 2 rings (SSSR count). The van der Waals surface area contributed by atoms with Crippen molar-refractivity contribution in [3.05, 3.63) is 62.5 Å². The summed E-state index contributed by atoms with van der Waals surface area (Å²) in [6.45, 7) is 0. The van der Waals surface area contributed by atoms with Gasteiger partial charge in [-0.1, -0.05) is 23.2 Å². The lowest BCUT2D eigenvalue weighted by atomic mass is 10.3. The maximum atomic E-state index is 11.8. The van der Waals surface area contributed by atoms with Gasteiger partial charge in [-0.05, 0) is 18.2 Å². The largest absolute Gasteiger partial charge is 0.357 e. The van der Waals surface area contributed by atoms with Crippen LogP contribution in [0.15, 0.2) is 41.3 Å². The van der Waals surface area contributed by atoms with E-state index in [9.17, 15) is 9.59 Å². The fourth-order valence-corrected chi connectivity index (χ4v) is 1.93. The number of anilines is 1. The van der Waals surface area contributed by atoms with Gasteiger partial charge in [0.1, 0.15) is 5.69 Å². The van der Waals surface area contributed by atoms with Crippen LogP contribution in [-0.2, 0) is 0 Å². The highest BCUT2D eigenvalue weighted by Crippen LogP contribution is 2.22. The fourth-order valence-electron chi connectivity index (χ4n) is 1.40. The van der Waals surface area contributed by atoms with Gasteiger partial charge in [-0.15, -0.1) is 0 Å². The summed E-state index contributed by atoms with van der Waals surface area (Å²) in [6.07, 6.45) is 1.40. The first-order chi connectivity index (χ1) is 8.54. The second kappa shape index (κ2) is 5.25. The molecule has 4 nitrogen and oxygen atoms in total. The van der Waals surface area contributed by atoms with Gasteiger partial charge in [0.25, 0.3) is 5.91 Å². The zero-order valence-electron chi connectivity index (χ0n) is 9.04. The molecular weight excluding hydrogens is 275 g/mol. The molecule has 0 spiro atoms. The van der Waals surface area contributed by atoms with Crippen molar-refractivity contribution >= 4 is 34.8 Å². The molecule has 0 atom stereocenters. The van der Waals surface area contributed by atoms with Gasteiger partial charge in [-0.2, -0.15) is 0 Å². The highest BCUT2D eigenvalue weighted by molar-refractivity contribution is 6.35. The third-order valence-electron chi connectivity index (χ3n) is 2.14. The number of amides is 1. The minimum Gasteiger partial charge on any atom is -0.357 e. The van der Waals surface area contributed by atoms with Crippen molar-refractivity contribution in [1.29, 1.82) is 0 Å².